The molecule has 0 saturated heterocycles. The molecule has 0 aliphatic rings. The molecule has 0 bridgehead atoms. The Hall–Kier alpha value is -0.725. The van der Waals surface area contributed by atoms with E-state index in [1.54, 1.807) is 17.9 Å². The van der Waals surface area contributed by atoms with Crippen LogP contribution in [0.15, 0.2) is 0 Å². The van der Waals surface area contributed by atoms with Crippen molar-refractivity contribution in [2.75, 3.05) is 0 Å². The summed E-state index contributed by atoms with van der Waals surface area (Å²) in [6, 6.07) is 0. The Morgan fingerprint density at radius 3 is 1.12 bits per heavy atom. The van der Waals surface area contributed by atoms with E-state index in [9.17, 15) is 0 Å². The van der Waals surface area contributed by atoms with Gasteiger partial charge in [-0.2, -0.15) is 0 Å². The van der Waals surface area contributed by atoms with Gasteiger partial charge in [0.1, 0.15) is 0 Å². The molecule has 0 heterocycles. The topological polar surface area (TPSA) is 71.4 Å². The number of nitriles is 3. The average Bonchev–Trinajstić information content (AvgIpc) is 1.72. The molecule has 0 atom stereocenters. The van der Waals surface area contributed by atoms with Crippen LogP contribution < -0.4 is 0 Å². The zero-order valence-electron chi connectivity index (χ0n) is 3.85. The van der Waals surface area contributed by atoms with E-state index in [2.05, 4.69) is 0 Å². The third kappa shape index (κ3) is 3.46. The fourth-order valence-electron chi connectivity index (χ4n) is 0.106. The largest absolute Gasteiger partial charge is 1.00 e. The molecule has 0 amide bonds. The van der Waals surface area contributed by atoms with Crippen LogP contribution in [0, 0.1) is 33.7 Å². The van der Waals surface area contributed by atoms with Crippen molar-refractivity contribution in [2.24, 2.45) is 0 Å². The van der Waals surface area contributed by atoms with Gasteiger partial charge in [-0.05, 0) is 0 Å². The Morgan fingerprint density at radius 2 is 1.12 bits per heavy atom. The Kier molecular flexibility index (Phi) is 8.08. The second kappa shape index (κ2) is 6.28. The van der Waals surface area contributed by atoms with Crippen LogP contribution in [0.5, 0.6) is 0 Å². The summed E-state index contributed by atoms with van der Waals surface area (Å²) in [6.45, 7) is -1.79. The van der Waals surface area contributed by atoms with Crippen LogP contribution in [0.25, 0.3) is 0 Å². The van der Waals surface area contributed by atoms with Crippen molar-refractivity contribution in [1.82, 2.24) is 0 Å². The van der Waals surface area contributed by atoms with Crippen LogP contribution in [-0.4, -0.2) is 6.71 Å². The van der Waals surface area contributed by atoms with Crippen LogP contribution in [0.1, 0.15) is 0 Å². The van der Waals surface area contributed by atoms with Gasteiger partial charge in [-0.1, -0.05) is 0 Å². The van der Waals surface area contributed by atoms with E-state index in [-0.39, 0.29) is 22.4 Å². The second-order valence-electron chi connectivity index (χ2n) is 1.00. The van der Waals surface area contributed by atoms with Crippen molar-refractivity contribution >= 4 is 6.71 Å². The predicted octanol–water partition coefficient (Wildman–Crippen LogP) is -0.601. The minimum Gasteiger partial charge on any atom is -0.247 e. The average molecular weight is 198 g/mol. The smallest absolute Gasteiger partial charge is 0.247 e. The van der Waals surface area contributed by atoms with Gasteiger partial charge in [-0.25, -0.2) is 15.8 Å². The first kappa shape index (κ1) is 10.3. The molecular weight excluding hydrogens is 197 g/mol. The maximum Gasteiger partial charge on any atom is 1.00 e. The summed E-state index contributed by atoms with van der Waals surface area (Å²) in [5, 5.41) is 23.6. The molecule has 0 saturated carbocycles. The molecule has 0 spiro atoms. The third-order valence-corrected chi connectivity index (χ3v) is 0.474. The summed E-state index contributed by atoms with van der Waals surface area (Å²) in [5.74, 6) is 4.69. The number of nitrogens with zero attached hydrogens (tertiary/aromatic N) is 3. The minimum atomic E-state index is -1.79. The molecule has 0 unspecified atom stereocenters. The predicted molar refractivity (Wildman–Crippen MR) is 24.0 cm³/mol. The van der Waals surface area contributed by atoms with Crippen LogP contribution in [0.3, 0.4) is 0 Å². The van der Waals surface area contributed by atoms with Gasteiger partial charge in [0.15, 0.2) is 0 Å². The fraction of sp³-hybridized carbons (Fsp3) is 0. The van der Waals surface area contributed by atoms with E-state index >= 15 is 0 Å². The van der Waals surface area contributed by atoms with E-state index in [0.29, 0.717) is 0 Å². The van der Waals surface area contributed by atoms with Crippen LogP contribution in [0.2, 0.25) is 0 Å². The molecule has 0 aliphatic carbocycles. The Balaban J connectivity index is 0. The summed E-state index contributed by atoms with van der Waals surface area (Å²) < 4.78 is 0. The quantitative estimate of drug-likeness (QED) is 0.487. The zero-order valence-corrected chi connectivity index (χ0v) is 5.33. The molecule has 0 aliphatic heterocycles. The fourth-order valence-corrected chi connectivity index (χ4v) is 0.106. The van der Waals surface area contributed by atoms with Gasteiger partial charge < -0.3 is 0 Å². The van der Waals surface area contributed by atoms with Gasteiger partial charge in [0.05, 0.1) is 0 Å². The van der Waals surface area contributed by atoms with Crippen molar-refractivity contribution in [1.29, 1.82) is 15.8 Å². The van der Waals surface area contributed by atoms with Crippen molar-refractivity contribution in [3.63, 3.8) is 0 Å². The summed E-state index contributed by atoms with van der Waals surface area (Å²) in [7, 11) is 0. The van der Waals surface area contributed by atoms with E-state index in [4.69, 9.17) is 15.8 Å². The van der Waals surface area contributed by atoms with E-state index in [1.165, 1.54) is 0 Å². The minimum absolute atomic E-state index is 0. The second-order valence-corrected chi connectivity index (χ2v) is 1.00. The van der Waals surface area contributed by atoms with Crippen molar-refractivity contribution in [3.8, 4) is 17.9 Å². The standard InChI is InChI=1S/C3HBN3.Ag/c5-1-4(2-6)3-7;/h4H;/q-1;+1. The zero-order chi connectivity index (χ0) is 5.70. The van der Waals surface area contributed by atoms with Crippen molar-refractivity contribution in [2.45, 2.75) is 0 Å². The van der Waals surface area contributed by atoms with Crippen molar-refractivity contribution in [3.05, 3.63) is 0 Å². The number of hydrogen-bond donors (Lipinski definition) is 0. The normalized spacial score (nSPS) is 5.25. The van der Waals surface area contributed by atoms with Crippen LogP contribution in [0.4, 0.5) is 0 Å². The summed E-state index contributed by atoms with van der Waals surface area (Å²) in [5.41, 5.74) is 0. The van der Waals surface area contributed by atoms with Crippen LogP contribution in [-0.2, 0) is 22.4 Å². The van der Waals surface area contributed by atoms with Gasteiger partial charge in [0.25, 0.3) is 6.71 Å². The Bertz CT molecular complexity index is 137. The van der Waals surface area contributed by atoms with Crippen LogP contribution >= 0.6 is 0 Å². The van der Waals surface area contributed by atoms with E-state index in [1.807, 2.05) is 0 Å². The molecular formula is C3HAgBN3. The number of rotatable bonds is 0. The van der Waals surface area contributed by atoms with Gasteiger partial charge >= 0.3 is 22.4 Å². The summed E-state index contributed by atoms with van der Waals surface area (Å²) in [6.07, 6.45) is 0. The molecule has 3 nitrogen and oxygen atoms in total. The van der Waals surface area contributed by atoms with Crippen molar-refractivity contribution < 1.29 is 22.4 Å². The maximum absolute atomic E-state index is 7.87. The molecule has 0 N–H and O–H groups in total. The Labute approximate surface area is 63.1 Å². The molecule has 42 valence electrons. The molecule has 0 rings (SSSR count). The first-order chi connectivity index (χ1) is 3.35. The molecule has 0 aromatic heterocycles. The molecule has 8 heavy (non-hydrogen) atoms. The molecule has 0 aromatic rings. The third-order valence-electron chi connectivity index (χ3n) is 0.474. The summed E-state index contributed by atoms with van der Waals surface area (Å²) in [4.78, 5) is 0. The van der Waals surface area contributed by atoms with Gasteiger partial charge in [0.2, 0.25) is 0 Å². The maximum atomic E-state index is 7.87. The first-order valence-corrected chi connectivity index (χ1v) is 1.73. The van der Waals surface area contributed by atoms with Gasteiger partial charge in [-0.15, -0.1) is 17.9 Å². The molecule has 0 fully saturated rings. The van der Waals surface area contributed by atoms with E-state index in [0.717, 1.165) is 0 Å². The van der Waals surface area contributed by atoms with E-state index < -0.39 is 6.71 Å². The monoisotopic (exact) mass is 197 g/mol. The number of hydrogen-bond acceptors (Lipinski definition) is 3. The first-order valence-electron chi connectivity index (χ1n) is 1.73. The SMILES string of the molecule is N#C[BH-](C#N)C#N.[Ag+]. The van der Waals surface area contributed by atoms with Gasteiger partial charge in [0, 0.05) is 0 Å². The molecule has 0 radical (unpaired) electrons. The van der Waals surface area contributed by atoms with Gasteiger partial charge in [-0.3, -0.25) is 0 Å². The summed E-state index contributed by atoms with van der Waals surface area (Å²) >= 11 is 0. The molecule has 5 heteroatoms. The Morgan fingerprint density at radius 1 is 0.875 bits per heavy atom. The molecule has 0 aromatic carbocycles.